The summed E-state index contributed by atoms with van der Waals surface area (Å²) in [7, 11) is 0. The lowest BCUT2D eigenvalue weighted by Crippen LogP contribution is -2.49. The van der Waals surface area contributed by atoms with Crippen LogP contribution in [0.4, 0.5) is 13.2 Å². The molecule has 0 bridgehead atoms. The maximum Gasteiger partial charge on any atom is 0.164 e. The lowest BCUT2D eigenvalue weighted by Gasteiger charge is -2.39. The van der Waals surface area contributed by atoms with Crippen molar-refractivity contribution in [1.82, 2.24) is 4.90 Å². The second-order valence-corrected chi connectivity index (χ2v) is 7.11. The first-order valence-electron chi connectivity index (χ1n) is 8.36. The van der Waals surface area contributed by atoms with Crippen molar-refractivity contribution in [3.8, 4) is 0 Å². The highest BCUT2D eigenvalue weighted by Crippen LogP contribution is 2.36. The molecule has 3 aliphatic rings. The Morgan fingerprint density at radius 2 is 1.75 bits per heavy atom. The van der Waals surface area contributed by atoms with Gasteiger partial charge >= 0.3 is 0 Å². The van der Waals surface area contributed by atoms with Crippen molar-refractivity contribution in [3.05, 3.63) is 35.1 Å². The Morgan fingerprint density at radius 1 is 1.04 bits per heavy atom. The first kappa shape index (κ1) is 16.3. The van der Waals surface area contributed by atoms with E-state index in [0.717, 1.165) is 32.4 Å². The zero-order valence-electron chi connectivity index (χ0n) is 13.3. The molecule has 3 heterocycles. The Morgan fingerprint density at radius 3 is 2.42 bits per heavy atom. The van der Waals surface area contributed by atoms with Gasteiger partial charge in [0.05, 0.1) is 19.8 Å². The van der Waals surface area contributed by atoms with E-state index in [2.05, 4.69) is 4.90 Å². The normalized spacial score (nSPS) is 36.9. The van der Waals surface area contributed by atoms with E-state index in [9.17, 15) is 13.2 Å². The standard InChI is InChI=1S/C17H21F3N2O2/c18-11-1-13(16(20)14(19)2-11)17-15(21)3-12(8-24-17)22-4-9-6-23-7-10(9)5-22/h1-2,9-10,12,15,17H,3-8,21H2. The van der Waals surface area contributed by atoms with Crippen molar-refractivity contribution in [1.29, 1.82) is 0 Å². The first-order chi connectivity index (χ1) is 11.5. The monoisotopic (exact) mass is 342 g/mol. The van der Waals surface area contributed by atoms with Crippen LogP contribution >= 0.6 is 0 Å². The Bertz CT molecular complexity index is 618. The molecule has 0 aliphatic carbocycles. The summed E-state index contributed by atoms with van der Waals surface area (Å²) in [5, 5.41) is 0. The number of hydrogen-bond donors (Lipinski definition) is 1. The molecule has 3 fully saturated rings. The SMILES string of the molecule is NC1CC(N2CC3COCC3C2)COC1c1cc(F)cc(F)c1F. The van der Waals surface area contributed by atoms with E-state index in [4.69, 9.17) is 15.2 Å². The van der Waals surface area contributed by atoms with Crippen molar-refractivity contribution in [2.45, 2.75) is 24.6 Å². The summed E-state index contributed by atoms with van der Waals surface area (Å²) in [5.41, 5.74) is 6.03. The third-order valence-electron chi connectivity index (χ3n) is 5.51. The smallest absolute Gasteiger partial charge is 0.164 e. The summed E-state index contributed by atoms with van der Waals surface area (Å²) in [4.78, 5) is 2.36. The van der Waals surface area contributed by atoms with Crippen LogP contribution in [0.5, 0.6) is 0 Å². The minimum absolute atomic E-state index is 0.134. The molecule has 24 heavy (non-hydrogen) atoms. The van der Waals surface area contributed by atoms with Gasteiger partial charge in [0.2, 0.25) is 0 Å². The fraction of sp³-hybridized carbons (Fsp3) is 0.647. The number of rotatable bonds is 2. The number of fused-ring (bicyclic) bond motifs is 1. The quantitative estimate of drug-likeness (QED) is 0.833. The van der Waals surface area contributed by atoms with Gasteiger partial charge in [-0.3, -0.25) is 4.90 Å². The zero-order valence-corrected chi connectivity index (χ0v) is 13.3. The molecule has 5 atom stereocenters. The zero-order chi connectivity index (χ0) is 16.8. The minimum atomic E-state index is -1.21. The number of hydrogen-bond acceptors (Lipinski definition) is 4. The van der Waals surface area contributed by atoms with Crippen molar-refractivity contribution in [3.63, 3.8) is 0 Å². The van der Waals surface area contributed by atoms with Crippen molar-refractivity contribution in [2.24, 2.45) is 17.6 Å². The number of likely N-dealkylation sites (tertiary alicyclic amines) is 1. The third-order valence-corrected chi connectivity index (χ3v) is 5.51. The van der Waals surface area contributed by atoms with Crippen molar-refractivity contribution in [2.75, 3.05) is 32.9 Å². The number of ether oxygens (including phenoxy) is 2. The van der Waals surface area contributed by atoms with Crippen LogP contribution in [0.2, 0.25) is 0 Å². The average molecular weight is 342 g/mol. The number of benzene rings is 1. The fourth-order valence-electron chi connectivity index (χ4n) is 4.22. The molecule has 4 rings (SSSR count). The molecule has 0 saturated carbocycles. The van der Waals surface area contributed by atoms with Gasteiger partial charge in [0.15, 0.2) is 11.6 Å². The van der Waals surface area contributed by atoms with Gasteiger partial charge in [-0.15, -0.1) is 0 Å². The Balaban J connectivity index is 1.45. The molecule has 0 aromatic heterocycles. The average Bonchev–Trinajstić information content (AvgIpc) is 3.12. The summed E-state index contributed by atoms with van der Waals surface area (Å²) in [6.45, 7) is 3.91. The molecular weight excluding hydrogens is 321 g/mol. The van der Waals surface area contributed by atoms with Crippen LogP contribution in [0, 0.1) is 29.3 Å². The maximum absolute atomic E-state index is 14.0. The molecule has 0 spiro atoms. The highest BCUT2D eigenvalue weighted by molar-refractivity contribution is 5.24. The minimum Gasteiger partial charge on any atom is -0.381 e. The van der Waals surface area contributed by atoms with Crippen LogP contribution in [0.15, 0.2) is 12.1 Å². The van der Waals surface area contributed by atoms with E-state index in [-0.39, 0.29) is 11.6 Å². The first-order valence-corrected chi connectivity index (χ1v) is 8.36. The Labute approximate surface area is 138 Å². The van der Waals surface area contributed by atoms with Crippen molar-refractivity contribution < 1.29 is 22.6 Å². The van der Waals surface area contributed by atoms with E-state index >= 15 is 0 Å². The van der Waals surface area contributed by atoms with Gasteiger partial charge in [-0.25, -0.2) is 13.2 Å². The summed E-state index contributed by atoms with van der Waals surface area (Å²) in [6, 6.07) is 1.15. The number of nitrogens with zero attached hydrogens (tertiary/aromatic N) is 1. The molecule has 132 valence electrons. The molecular formula is C17H21F3N2O2. The van der Waals surface area contributed by atoms with Gasteiger partial charge in [-0.1, -0.05) is 0 Å². The van der Waals surface area contributed by atoms with Gasteiger partial charge in [0.25, 0.3) is 0 Å². The van der Waals surface area contributed by atoms with Crippen LogP contribution in [0.3, 0.4) is 0 Å². The van der Waals surface area contributed by atoms with Crippen molar-refractivity contribution >= 4 is 0 Å². The van der Waals surface area contributed by atoms with Crippen LogP contribution in [0.1, 0.15) is 18.1 Å². The Hall–Kier alpha value is -1.15. The van der Waals surface area contributed by atoms with Crippen LogP contribution < -0.4 is 5.73 Å². The van der Waals surface area contributed by atoms with E-state index in [1.165, 1.54) is 0 Å². The number of halogens is 3. The molecule has 4 nitrogen and oxygen atoms in total. The van der Waals surface area contributed by atoms with Gasteiger partial charge in [-0.2, -0.15) is 0 Å². The van der Waals surface area contributed by atoms with Gasteiger partial charge in [0.1, 0.15) is 11.9 Å². The summed E-state index contributed by atoms with van der Waals surface area (Å²) < 4.78 is 52.1. The van der Waals surface area contributed by atoms with Crippen LogP contribution in [0.25, 0.3) is 0 Å². The highest BCUT2D eigenvalue weighted by atomic mass is 19.2. The van der Waals surface area contributed by atoms with E-state index in [1.807, 2.05) is 0 Å². The molecule has 3 saturated heterocycles. The van der Waals surface area contributed by atoms with Gasteiger partial charge < -0.3 is 15.2 Å². The molecule has 1 aromatic rings. The molecule has 0 radical (unpaired) electrons. The predicted octanol–water partition coefficient (Wildman–Crippen LogP) is 1.84. The highest BCUT2D eigenvalue weighted by Gasteiger charge is 2.42. The number of nitrogens with two attached hydrogens (primary N) is 1. The molecule has 1 aromatic carbocycles. The van der Waals surface area contributed by atoms with Crippen LogP contribution in [-0.4, -0.2) is 49.9 Å². The summed E-state index contributed by atoms with van der Waals surface area (Å²) >= 11 is 0. The molecule has 2 N–H and O–H groups in total. The van der Waals surface area contributed by atoms with E-state index < -0.39 is 29.6 Å². The molecule has 7 heteroatoms. The predicted molar refractivity (Wildman–Crippen MR) is 80.8 cm³/mol. The Kier molecular flexibility index (Phi) is 4.28. The molecule has 3 aliphatic heterocycles. The fourth-order valence-corrected chi connectivity index (χ4v) is 4.22. The summed E-state index contributed by atoms with van der Waals surface area (Å²) in [6.07, 6.45) is -0.209. The van der Waals surface area contributed by atoms with E-state index in [0.29, 0.717) is 30.9 Å². The lowest BCUT2D eigenvalue weighted by molar-refractivity contribution is -0.0500. The second kappa shape index (κ2) is 6.29. The maximum atomic E-state index is 14.0. The molecule has 0 amide bonds. The van der Waals surface area contributed by atoms with Gasteiger partial charge in [0, 0.05) is 48.6 Å². The summed E-state index contributed by atoms with van der Waals surface area (Å²) in [5.74, 6) is -1.99. The molecule has 5 unspecified atom stereocenters. The van der Waals surface area contributed by atoms with Gasteiger partial charge in [-0.05, 0) is 12.5 Å². The van der Waals surface area contributed by atoms with E-state index in [1.54, 1.807) is 0 Å². The lowest BCUT2D eigenvalue weighted by atomic mass is 9.93. The van der Waals surface area contributed by atoms with Crippen LogP contribution in [-0.2, 0) is 9.47 Å². The third kappa shape index (κ3) is 2.83. The second-order valence-electron chi connectivity index (χ2n) is 7.11. The topological polar surface area (TPSA) is 47.7 Å². The largest absolute Gasteiger partial charge is 0.381 e.